The van der Waals surface area contributed by atoms with Crippen molar-refractivity contribution in [3.63, 3.8) is 0 Å². The van der Waals surface area contributed by atoms with E-state index in [9.17, 15) is 4.39 Å². The summed E-state index contributed by atoms with van der Waals surface area (Å²) in [5, 5.41) is 10.9. The van der Waals surface area contributed by atoms with E-state index in [1.165, 1.54) is 17.7 Å². The Labute approximate surface area is 182 Å². The van der Waals surface area contributed by atoms with Gasteiger partial charge in [0.1, 0.15) is 5.82 Å². The number of nitrogens with zero attached hydrogens (tertiary/aromatic N) is 3. The van der Waals surface area contributed by atoms with Crippen LogP contribution in [0.5, 0.6) is 0 Å². The van der Waals surface area contributed by atoms with E-state index in [1.54, 1.807) is 12.1 Å². The zero-order valence-corrected chi connectivity index (χ0v) is 18.1. The molecule has 3 aromatic rings. The normalized spacial score (nSPS) is 11.0. The first-order valence-electron chi connectivity index (χ1n) is 9.05. The van der Waals surface area contributed by atoms with Gasteiger partial charge < -0.3 is 10.6 Å². The minimum Gasteiger partial charge on any atom is -0.357 e. The molecule has 0 saturated carbocycles. The van der Waals surface area contributed by atoms with Gasteiger partial charge in [-0.3, -0.25) is 4.68 Å². The van der Waals surface area contributed by atoms with Crippen LogP contribution < -0.4 is 10.6 Å². The largest absolute Gasteiger partial charge is 0.357 e. The monoisotopic (exact) mass is 493 g/mol. The predicted molar refractivity (Wildman–Crippen MR) is 121 cm³/mol. The standard InChI is InChI=1S/C21H24FN5.HI/c1-2-23-21(24-12-17-8-10-20(22)11-9-17)25-13-19-14-26-27(16-19)15-18-6-4-3-5-7-18;/h3-11,14,16H,2,12-13,15H2,1H3,(H2,23,24,25);1H. The highest BCUT2D eigenvalue weighted by Gasteiger charge is 2.02. The summed E-state index contributed by atoms with van der Waals surface area (Å²) in [6.45, 7) is 4.65. The Kier molecular flexibility index (Phi) is 8.93. The second-order valence-corrected chi connectivity index (χ2v) is 6.21. The molecule has 3 rings (SSSR count). The average molecular weight is 493 g/mol. The summed E-state index contributed by atoms with van der Waals surface area (Å²) >= 11 is 0. The highest BCUT2D eigenvalue weighted by atomic mass is 127. The number of aromatic nitrogens is 2. The average Bonchev–Trinajstić information content (AvgIpc) is 3.13. The van der Waals surface area contributed by atoms with E-state index in [0.717, 1.165) is 30.2 Å². The molecule has 28 heavy (non-hydrogen) atoms. The molecule has 0 saturated heterocycles. The van der Waals surface area contributed by atoms with Gasteiger partial charge in [-0.05, 0) is 30.2 Å². The van der Waals surface area contributed by atoms with Gasteiger partial charge in [0.05, 0.1) is 19.3 Å². The van der Waals surface area contributed by atoms with E-state index in [4.69, 9.17) is 0 Å². The molecule has 0 atom stereocenters. The van der Waals surface area contributed by atoms with Crippen LogP contribution in [0.2, 0.25) is 0 Å². The topological polar surface area (TPSA) is 54.2 Å². The molecule has 0 radical (unpaired) electrons. The van der Waals surface area contributed by atoms with Gasteiger partial charge in [0.15, 0.2) is 5.96 Å². The summed E-state index contributed by atoms with van der Waals surface area (Å²) < 4.78 is 14.9. The van der Waals surface area contributed by atoms with Crippen molar-refractivity contribution in [2.75, 3.05) is 6.54 Å². The van der Waals surface area contributed by atoms with Crippen LogP contribution in [0.25, 0.3) is 0 Å². The van der Waals surface area contributed by atoms with E-state index in [0.29, 0.717) is 13.1 Å². The molecule has 1 aromatic heterocycles. The molecule has 0 aliphatic carbocycles. The van der Waals surface area contributed by atoms with Gasteiger partial charge in [0.2, 0.25) is 0 Å². The summed E-state index contributed by atoms with van der Waals surface area (Å²) in [6.07, 6.45) is 3.86. The molecule has 0 spiro atoms. The van der Waals surface area contributed by atoms with E-state index < -0.39 is 0 Å². The molecular weight excluding hydrogens is 468 g/mol. The minimum atomic E-state index is -0.230. The van der Waals surface area contributed by atoms with Gasteiger partial charge in [0, 0.05) is 24.8 Å². The van der Waals surface area contributed by atoms with Crippen molar-refractivity contribution >= 4 is 29.9 Å². The van der Waals surface area contributed by atoms with Crippen LogP contribution in [0.3, 0.4) is 0 Å². The summed E-state index contributed by atoms with van der Waals surface area (Å²) in [5.41, 5.74) is 3.26. The molecular formula is C21H25FIN5. The van der Waals surface area contributed by atoms with Crippen LogP contribution in [0, 0.1) is 5.82 Å². The zero-order chi connectivity index (χ0) is 18.9. The molecule has 2 N–H and O–H groups in total. The lowest BCUT2D eigenvalue weighted by Crippen LogP contribution is -2.36. The lowest BCUT2D eigenvalue weighted by molar-refractivity contribution is 0.626. The van der Waals surface area contributed by atoms with Gasteiger partial charge in [-0.1, -0.05) is 42.5 Å². The SMILES string of the molecule is CCNC(=NCc1cnn(Cc2ccccc2)c1)NCc1ccc(F)cc1.I. The van der Waals surface area contributed by atoms with Crippen LogP contribution >= 0.6 is 24.0 Å². The maximum absolute atomic E-state index is 13.0. The molecule has 5 nitrogen and oxygen atoms in total. The fourth-order valence-electron chi connectivity index (χ4n) is 2.65. The highest BCUT2D eigenvalue weighted by molar-refractivity contribution is 14.0. The number of guanidine groups is 1. The molecule has 0 fully saturated rings. The molecule has 0 aliphatic heterocycles. The third-order valence-corrected chi connectivity index (χ3v) is 4.01. The second kappa shape index (κ2) is 11.4. The number of halogens is 2. The number of hydrogen-bond acceptors (Lipinski definition) is 2. The molecule has 0 unspecified atom stereocenters. The highest BCUT2D eigenvalue weighted by Crippen LogP contribution is 2.05. The van der Waals surface area contributed by atoms with E-state index in [1.807, 2.05) is 42.2 Å². The van der Waals surface area contributed by atoms with Crippen molar-refractivity contribution in [3.05, 3.63) is 89.5 Å². The quantitative estimate of drug-likeness (QED) is 0.298. The summed E-state index contributed by atoms with van der Waals surface area (Å²) in [5.74, 6) is 0.490. The Hall–Kier alpha value is -2.42. The molecule has 2 aromatic carbocycles. The summed E-state index contributed by atoms with van der Waals surface area (Å²) in [6, 6.07) is 16.7. The van der Waals surface area contributed by atoms with Gasteiger partial charge in [-0.25, -0.2) is 9.38 Å². The van der Waals surface area contributed by atoms with Gasteiger partial charge in [-0.15, -0.1) is 24.0 Å². The molecule has 0 aliphatic rings. The Balaban J connectivity index is 0.00000280. The van der Waals surface area contributed by atoms with Crippen LogP contribution in [0.15, 0.2) is 72.0 Å². The fourth-order valence-corrected chi connectivity index (χ4v) is 2.65. The van der Waals surface area contributed by atoms with Gasteiger partial charge in [-0.2, -0.15) is 5.10 Å². The summed E-state index contributed by atoms with van der Waals surface area (Å²) in [7, 11) is 0. The Morgan fingerprint density at radius 1 is 1.00 bits per heavy atom. The fraction of sp³-hybridized carbons (Fsp3) is 0.238. The van der Waals surface area contributed by atoms with E-state index >= 15 is 0 Å². The lowest BCUT2D eigenvalue weighted by Gasteiger charge is -2.11. The smallest absolute Gasteiger partial charge is 0.191 e. The van der Waals surface area contributed by atoms with Crippen molar-refractivity contribution in [1.29, 1.82) is 0 Å². The number of rotatable bonds is 7. The first-order valence-corrected chi connectivity index (χ1v) is 9.05. The first kappa shape index (κ1) is 21.9. The van der Waals surface area contributed by atoms with Crippen molar-refractivity contribution in [1.82, 2.24) is 20.4 Å². The zero-order valence-electron chi connectivity index (χ0n) is 15.8. The van der Waals surface area contributed by atoms with Crippen LogP contribution in [0.1, 0.15) is 23.6 Å². The van der Waals surface area contributed by atoms with Gasteiger partial charge in [0.25, 0.3) is 0 Å². The third kappa shape index (κ3) is 6.95. The van der Waals surface area contributed by atoms with E-state index in [2.05, 4.69) is 32.9 Å². The Bertz CT molecular complexity index is 862. The molecule has 7 heteroatoms. The van der Waals surface area contributed by atoms with Crippen LogP contribution in [-0.2, 0) is 19.6 Å². The molecule has 0 bridgehead atoms. The minimum absolute atomic E-state index is 0. The molecule has 148 valence electrons. The van der Waals surface area contributed by atoms with Crippen LogP contribution in [0.4, 0.5) is 4.39 Å². The van der Waals surface area contributed by atoms with E-state index in [-0.39, 0.29) is 29.8 Å². The number of nitrogens with one attached hydrogen (secondary N) is 2. The summed E-state index contributed by atoms with van der Waals surface area (Å²) in [4.78, 5) is 4.60. The van der Waals surface area contributed by atoms with Crippen molar-refractivity contribution in [2.24, 2.45) is 4.99 Å². The third-order valence-electron chi connectivity index (χ3n) is 4.01. The predicted octanol–water partition coefficient (Wildman–Crippen LogP) is 3.94. The maximum atomic E-state index is 13.0. The second-order valence-electron chi connectivity index (χ2n) is 6.21. The molecule has 1 heterocycles. The maximum Gasteiger partial charge on any atom is 0.191 e. The first-order chi connectivity index (χ1) is 13.2. The Morgan fingerprint density at radius 3 is 2.46 bits per heavy atom. The van der Waals surface area contributed by atoms with Crippen molar-refractivity contribution in [2.45, 2.75) is 26.6 Å². The number of hydrogen-bond donors (Lipinski definition) is 2. The van der Waals surface area contributed by atoms with Crippen molar-refractivity contribution in [3.8, 4) is 0 Å². The van der Waals surface area contributed by atoms with Gasteiger partial charge >= 0.3 is 0 Å². The molecule has 0 amide bonds. The lowest BCUT2D eigenvalue weighted by atomic mass is 10.2. The van der Waals surface area contributed by atoms with Crippen molar-refractivity contribution < 1.29 is 4.39 Å². The van der Waals surface area contributed by atoms with Crippen LogP contribution in [-0.4, -0.2) is 22.3 Å². The Morgan fingerprint density at radius 2 is 1.75 bits per heavy atom. The number of benzene rings is 2. The number of aliphatic imine (C=N–C) groups is 1.